The maximum atomic E-state index is 11.2. The van der Waals surface area contributed by atoms with Crippen molar-refractivity contribution in [1.82, 2.24) is 5.32 Å². The van der Waals surface area contributed by atoms with Crippen molar-refractivity contribution in [3.63, 3.8) is 0 Å². The predicted molar refractivity (Wildman–Crippen MR) is 73.4 cm³/mol. The molecule has 0 aliphatic rings. The highest BCUT2D eigenvalue weighted by molar-refractivity contribution is 7.57. The number of nitrogens with one attached hydrogen (secondary N) is 1. The highest BCUT2D eigenvalue weighted by Gasteiger charge is 2.13. The standard InChI is InChI=1S/C10H23NO6P2/c1-18(13,14)8-6-4-2-3-5-7-10(12)11-9-19(15,16)17/h2-9H2,1H3,(H,11,12)(H,13,14)(H2,15,16,17). The van der Waals surface area contributed by atoms with E-state index in [-0.39, 0.29) is 12.3 Å². The van der Waals surface area contributed by atoms with E-state index < -0.39 is 21.3 Å². The van der Waals surface area contributed by atoms with Gasteiger partial charge in [-0.25, -0.2) is 0 Å². The summed E-state index contributed by atoms with van der Waals surface area (Å²) in [5.41, 5.74) is 0. The van der Waals surface area contributed by atoms with Crippen LogP contribution < -0.4 is 5.32 Å². The molecule has 0 aliphatic heterocycles. The largest absolute Gasteiger partial charge is 0.344 e. The van der Waals surface area contributed by atoms with E-state index in [9.17, 15) is 13.9 Å². The molecule has 0 fully saturated rings. The number of amides is 1. The first-order valence-electron chi connectivity index (χ1n) is 6.21. The van der Waals surface area contributed by atoms with E-state index in [4.69, 9.17) is 14.7 Å². The van der Waals surface area contributed by atoms with E-state index in [1.54, 1.807) is 0 Å². The molecular weight excluding hydrogens is 292 g/mol. The van der Waals surface area contributed by atoms with Gasteiger partial charge in [-0.3, -0.25) is 13.9 Å². The number of carbonyl (C=O) groups is 1. The van der Waals surface area contributed by atoms with Crippen molar-refractivity contribution in [1.29, 1.82) is 0 Å². The summed E-state index contributed by atoms with van der Waals surface area (Å²) in [6, 6.07) is 0. The molecule has 0 aromatic carbocycles. The Bertz CT molecular complexity index is 361. The number of unbranched alkanes of at least 4 members (excludes halogenated alkanes) is 4. The van der Waals surface area contributed by atoms with Crippen LogP contribution in [0.1, 0.15) is 38.5 Å². The molecule has 1 atom stereocenters. The topological polar surface area (TPSA) is 124 Å². The second-order valence-electron chi connectivity index (χ2n) is 4.72. The average molecular weight is 315 g/mol. The molecule has 0 aromatic rings. The average Bonchev–Trinajstić information content (AvgIpc) is 2.22. The third-order valence-electron chi connectivity index (χ3n) is 2.46. The van der Waals surface area contributed by atoms with Crippen LogP contribution in [0.25, 0.3) is 0 Å². The molecule has 0 spiro atoms. The molecule has 0 heterocycles. The monoisotopic (exact) mass is 315 g/mol. The molecule has 0 aliphatic carbocycles. The van der Waals surface area contributed by atoms with Crippen LogP contribution in [0.4, 0.5) is 0 Å². The number of rotatable bonds is 10. The zero-order chi connectivity index (χ0) is 14.9. The third kappa shape index (κ3) is 15.8. The molecule has 1 amide bonds. The normalized spacial score (nSPS) is 14.9. The molecule has 0 rings (SSSR count). The van der Waals surface area contributed by atoms with Gasteiger partial charge in [-0.05, 0) is 12.8 Å². The summed E-state index contributed by atoms with van der Waals surface area (Å²) in [6.45, 7) is 1.35. The summed E-state index contributed by atoms with van der Waals surface area (Å²) in [6.07, 6.45) is 3.86. The van der Waals surface area contributed by atoms with Crippen molar-refractivity contribution in [3.8, 4) is 0 Å². The van der Waals surface area contributed by atoms with E-state index in [1.807, 2.05) is 0 Å². The van der Waals surface area contributed by atoms with Crippen molar-refractivity contribution < 1.29 is 28.6 Å². The van der Waals surface area contributed by atoms with E-state index >= 15 is 0 Å². The van der Waals surface area contributed by atoms with Crippen LogP contribution in [0, 0.1) is 0 Å². The summed E-state index contributed by atoms with van der Waals surface area (Å²) >= 11 is 0. The molecule has 9 heteroatoms. The fourth-order valence-corrected chi connectivity index (χ4v) is 2.69. The summed E-state index contributed by atoms with van der Waals surface area (Å²) < 4.78 is 21.5. The molecule has 0 bridgehead atoms. The Morgan fingerprint density at radius 2 is 1.53 bits per heavy atom. The van der Waals surface area contributed by atoms with Crippen molar-refractivity contribution in [2.24, 2.45) is 0 Å². The smallest absolute Gasteiger partial charge is 0.344 e. The molecule has 4 N–H and O–H groups in total. The van der Waals surface area contributed by atoms with Gasteiger partial charge in [0.15, 0.2) is 7.37 Å². The van der Waals surface area contributed by atoms with Gasteiger partial charge in [-0.15, -0.1) is 0 Å². The van der Waals surface area contributed by atoms with Gasteiger partial charge in [0.2, 0.25) is 5.91 Å². The number of hydrogen-bond acceptors (Lipinski definition) is 3. The lowest BCUT2D eigenvalue weighted by Gasteiger charge is -2.07. The molecule has 1 unspecified atom stereocenters. The van der Waals surface area contributed by atoms with Gasteiger partial charge in [0.05, 0.1) is 0 Å². The van der Waals surface area contributed by atoms with Gasteiger partial charge < -0.3 is 20.0 Å². The Morgan fingerprint density at radius 3 is 2.05 bits per heavy atom. The van der Waals surface area contributed by atoms with Crippen molar-refractivity contribution in [3.05, 3.63) is 0 Å². The van der Waals surface area contributed by atoms with E-state index in [0.29, 0.717) is 19.0 Å². The Labute approximate surface area is 113 Å². The van der Waals surface area contributed by atoms with Gasteiger partial charge >= 0.3 is 7.60 Å². The Kier molecular flexibility index (Phi) is 8.79. The highest BCUT2D eigenvalue weighted by Crippen LogP contribution is 2.36. The minimum atomic E-state index is -4.17. The molecule has 19 heavy (non-hydrogen) atoms. The van der Waals surface area contributed by atoms with Gasteiger partial charge in [-0.1, -0.05) is 19.3 Å². The first-order chi connectivity index (χ1) is 8.60. The number of hydrogen-bond donors (Lipinski definition) is 4. The molecule has 0 radical (unpaired) electrons. The van der Waals surface area contributed by atoms with Crippen molar-refractivity contribution in [2.75, 3.05) is 19.1 Å². The molecular formula is C10H23NO6P2. The van der Waals surface area contributed by atoms with Crippen LogP contribution >= 0.6 is 15.0 Å². The quantitative estimate of drug-likeness (QED) is 0.357. The molecule has 114 valence electrons. The summed E-state index contributed by atoms with van der Waals surface area (Å²) in [5, 5.41) is 2.17. The lowest BCUT2D eigenvalue weighted by Crippen LogP contribution is -2.23. The second kappa shape index (κ2) is 8.88. The maximum Gasteiger partial charge on any atom is 0.344 e. The lowest BCUT2D eigenvalue weighted by atomic mass is 10.1. The van der Waals surface area contributed by atoms with E-state index in [0.717, 1.165) is 19.3 Å². The van der Waals surface area contributed by atoms with Crippen LogP contribution in [0.5, 0.6) is 0 Å². The SMILES string of the molecule is CP(=O)(O)CCCCCCCC(=O)NCP(=O)(O)O. The van der Waals surface area contributed by atoms with E-state index in [1.165, 1.54) is 6.66 Å². The first-order valence-corrected chi connectivity index (χ1v) is 10.3. The lowest BCUT2D eigenvalue weighted by molar-refractivity contribution is -0.120. The summed E-state index contributed by atoms with van der Waals surface area (Å²) in [5.74, 6) is -0.364. The van der Waals surface area contributed by atoms with Crippen LogP contribution in [0.2, 0.25) is 0 Å². The van der Waals surface area contributed by atoms with Gasteiger partial charge in [-0.2, -0.15) is 0 Å². The fraction of sp³-hybridized carbons (Fsp3) is 0.900. The Balaban J connectivity index is 3.42. The minimum Gasteiger partial charge on any atom is -0.344 e. The Hall–Kier alpha value is -0.190. The summed E-state index contributed by atoms with van der Waals surface area (Å²) in [7, 11) is -7.07. The molecule has 0 saturated heterocycles. The number of carbonyl (C=O) groups excluding carboxylic acids is 1. The van der Waals surface area contributed by atoms with Crippen LogP contribution in [-0.4, -0.2) is 39.7 Å². The summed E-state index contributed by atoms with van der Waals surface area (Å²) in [4.78, 5) is 37.4. The Morgan fingerprint density at radius 1 is 1.00 bits per heavy atom. The molecule has 0 aromatic heterocycles. The van der Waals surface area contributed by atoms with Crippen molar-refractivity contribution >= 4 is 20.9 Å². The zero-order valence-corrected chi connectivity index (χ0v) is 12.9. The van der Waals surface area contributed by atoms with Crippen LogP contribution in [0.15, 0.2) is 0 Å². The molecule has 0 saturated carbocycles. The van der Waals surface area contributed by atoms with Gasteiger partial charge in [0.25, 0.3) is 0 Å². The zero-order valence-electron chi connectivity index (χ0n) is 11.1. The van der Waals surface area contributed by atoms with Gasteiger partial charge in [0.1, 0.15) is 6.29 Å². The van der Waals surface area contributed by atoms with Gasteiger partial charge in [0, 0.05) is 19.2 Å². The first kappa shape index (κ1) is 18.8. The van der Waals surface area contributed by atoms with Crippen LogP contribution in [0.3, 0.4) is 0 Å². The fourth-order valence-electron chi connectivity index (χ4n) is 1.50. The predicted octanol–water partition coefficient (Wildman–Crippen LogP) is 1.48. The maximum absolute atomic E-state index is 11.2. The third-order valence-corrected chi connectivity index (χ3v) is 4.18. The van der Waals surface area contributed by atoms with Crippen LogP contribution in [-0.2, 0) is 13.9 Å². The minimum absolute atomic E-state index is 0.242. The highest BCUT2D eigenvalue weighted by atomic mass is 31.2. The van der Waals surface area contributed by atoms with E-state index in [2.05, 4.69) is 5.32 Å². The van der Waals surface area contributed by atoms with Crippen molar-refractivity contribution in [2.45, 2.75) is 38.5 Å². The second-order valence-corrected chi connectivity index (χ2v) is 8.91. The molecule has 7 nitrogen and oxygen atoms in total.